The van der Waals surface area contributed by atoms with Crippen LogP contribution in [0.2, 0.25) is 5.02 Å². The monoisotopic (exact) mass is 437 g/mol. The maximum Gasteiger partial charge on any atom is 0.240 e. The zero-order valence-corrected chi connectivity index (χ0v) is 16.9. The Morgan fingerprint density at radius 1 is 1.24 bits per heavy atom. The molecular weight excluding hydrogens is 421 g/mol. The van der Waals surface area contributed by atoms with Gasteiger partial charge in [-0.25, -0.2) is 27.5 Å². The normalized spacial score (nSPS) is 11.6. The van der Waals surface area contributed by atoms with Crippen LogP contribution in [0, 0.1) is 5.82 Å². The maximum absolute atomic E-state index is 13.2. The molecule has 0 saturated carbocycles. The number of hydrogen-bond acceptors (Lipinski definition) is 6. The van der Waals surface area contributed by atoms with Gasteiger partial charge < -0.3 is 4.57 Å². The van der Waals surface area contributed by atoms with Crippen molar-refractivity contribution in [2.45, 2.75) is 24.3 Å². The summed E-state index contributed by atoms with van der Waals surface area (Å²) < 4.78 is 41.9. The highest BCUT2D eigenvalue weighted by Gasteiger charge is 2.16. The van der Waals surface area contributed by atoms with E-state index < -0.39 is 15.8 Å². The summed E-state index contributed by atoms with van der Waals surface area (Å²) in [7, 11) is -2.06. The summed E-state index contributed by atoms with van der Waals surface area (Å²) >= 11 is 5.62. The smallest absolute Gasteiger partial charge is 0.240 e. The number of Topliss-reactive ketones (excluding diaryl/α,β-unsaturated/α-hetero) is 1. The summed E-state index contributed by atoms with van der Waals surface area (Å²) in [4.78, 5) is 24.3. The van der Waals surface area contributed by atoms with Gasteiger partial charge in [0.05, 0.1) is 34.6 Å². The van der Waals surface area contributed by atoms with Crippen LogP contribution in [0.3, 0.4) is 0 Å². The fourth-order valence-electron chi connectivity index (χ4n) is 2.48. The molecule has 3 rings (SSSR count). The van der Waals surface area contributed by atoms with Crippen LogP contribution in [-0.2, 0) is 30.0 Å². The molecule has 0 unspecified atom stereocenters. The number of ketones is 1. The number of hydrogen-bond donors (Lipinski definition) is 1. The minimum absolute atomic E-state index is 0.147. The molecule has 1 aromatic carbocycles. The van der Waals surface area contributed by atoms with Crippen LogP contribution < -0.4 is 4.72 Å². The third kappa shape index (κ3) is 5.22. The van der Waals surface area contributed by atoms with E-state index in [1.54, 1.807) is 12.4 Å². The number of imidazole rings is 1. The summed E-state index contributed by atoms with van der Waals surface area (Å²) in [6.07, 6.45) is 6.81. The third-order valence-electron chi connectivity index (χ3n) is 4.13. The molecule has 2 aromatic heterocycles. The first-order valence-electron chi connectivity index (χ1n) is 8.51. The van der Waals surface area contributed by atoms with Crippen molar-refractivity contribution in [2.75, 3.05) is 0 Å². The second kappa shape index (κ2) is 8.76. The van der Waals surface area contributed by atoms with Crippen molar-refractivity contribution in [1.29, 1.82) is 0 Å². The minimum atomic E-state index is -3.91. The molecule has 0 amide bonds. The van der Waals surface area contributed by atoms with Crippen molar-refractivity contribution in [3.05, 3.63) is 71.0 Å². The minimum Gasteiger partial charge on any atom is -0.338 e. The fraction of sp³-hybridized carbons (Fsp3) is 0.222. The Balaban J connectivity index is 1.59. The number of nitrogens with one attached hydrogen (secondary N) is 1. The second-order valence-electron chi connectivity index (χ2n) is 6.17. The van der Waals surface area contributed by atoms with Crippen LogP contribution in [0.1, 0.15) is 28.4 Å². The number of sulfonamides is 1. The number of halogens is 2. The van der Waals surface area contributed by atoms with Gasteiger partial charge in [-0.05, 0) is 18.2 Å². The first-order chi connectivity index (χ1) is 13.8. The van der Waals surface area contributed by atoms with E-state index in [0.29, 0.717) is 12.1 Å². The van der Waals surface area contributed by atoms with Crippen molar-refractivity contribution < 1.29 is 17.6 Å². The van der Waals surface area contributed by atoms with Crippen molar-refractivity contribution in [3.8, 4) is 0 Å². The first kappa shape index (κ1) is 21.0. The fourth-order valence-corrected chi connectivity index (χ4v) is 3.75. The van der Waals surface area contributed by atoms with Crippen LogP contribution in [0.15, 0.2) is 47.9 Å². The van der Waals surface area contributed by atoms with Gasteiger partial charge in [0.25, 0.3) is 0 Å². The van der Waals surface area contributed by atoms with E-state index in [-0.39, 0.29) is 34.4 Å². The summed E-state index contributed by atoms with van der Waals surface area (Å²) in [6, 6.07) is 3.11. The average molecular weight is 438 g/mol. The molecule has 0 spiro atoms. The lowest BCUT2D eigenvalue weighted by atomic mass is 10.1. The summed E-state index contributed by atoms with van der Waals surface area (Å²) in [5.74, 6) is -0.105. The zero-order valence-electron chi connectivity index (χ0n) is 15.3. The van der Waals surface area contributed by atoms with Gasteiger partial charge in [-0.15, -0.1) is 0 Å². The lowest BCUT2D eigenvalue weighted by Crippen LogP contribution is -2.24. The molecule has 0 saturated heterocycles. The summed E-state index contributed by atoms with van der Waals surface area (Å²) in [5.41, 5.74) is 0.513. The molecule has 0 radical (unpaired) electrons. The Morgan fingerprint density at radius 2 is 2.03 bits per heavy atom. The van der Waals surface area contributed by atoms with Crippen LogP contribution in [0.5, 0.6) is 0 Å². The lowest BCUT2D eigenvalue weighted by Gasteiger charge is -2.07. The van der Waals surface area contributed by atoms with E-state index >= 15 is 0 Å². The summed E-state index contributed by atoms with van der Waals surface area (Å²) in [5, 5.41) is -0.291. The Bertz CT molecular complexity index is 1130. The number of nitrogens with zero attached hydrogens (tertiary/aromatic N) is 4. The third-order valence-corrected chi connectivity index (χ3v) is 5.82. The van der Waals surface area contributed by atoms with E-state index in [1.807, 2.05) is 11.6 Å². The number of carbonyl (C=O) groups excluding carboxylic acids is 1. The van der Waals surface area contributed by atoms with E-state index in [0.717, 1.165) is 24.0 Å². The predicted molar refractivity (Wildman–Crippen MR) is 103 cm³/mol. The van der Waals surface area contributed by atoms with Gasteiger partial charge in [-0.1, -0.05) is 11.6 Å². The van der Waals surface area contributed by atoms with E-state index in [9.17, 15) is 17.6 Å². The van der Waals surface area contributed by atoms with Crippen LogP contribution in [0.25, 0.3) is 0 Å². The highest BCUT2D eigenvalue weighted by molar-refractivity contribution is 7.89. The van der Waals surface area contributed by atoms with Crippen LogP contribution in [-0.4, -0.2) is 33.7 Å². The molecule has 152 valence electrons. The molecule has 0 atom stereocenters. The SMILES string of the molecule is Cn1ccnc1CCC(=O)c1cnc(CNS(=O)(=O)c2ccc(F)c(Cl)c2)cn1. The molecular formula is C18H17ClFN5O3S. The molecule has 29 heavy (non-hydrogen) atoms. The van der Waals surface area contributed by atoms with E-state index in [1.165, 1.54) is 12.4 Å². The molecule has 0 bridgehead atoms. The number of benzene rings is 1. The van der Waals surface area contributed by atoms with Gasteiger partial charge >= 0.3 is 0 Å². The molecule has 0 fully saturated rings. The molecule has 0 aliphatic heterocycles. The number of carbonyl (C=O) groups is 1. The Hall–Kier alpha value is -2.69. The topological polar surface area (TPSA) is 107 Å². The van der Waals surface area contributed by atoms with Gasteiger partial charge in [0, 0.05) is 32.3 Å². The molecule has 3 aromatic rings. The summed E-state index contributed by atoms with van der Waals surface area (Å²) in [6.45, 7) is -0.147. The highest BCUT2D eigenvalue weighted by Crippen LogP contribution is 2.19. The van der Waals surface area contributed by atoms with Gasteiger partial charge in [-0.3, -0.25) is 9.78 Å². The molecule has 0 aliphatic carbocycles. The van der Waals surface area contributed by atoms with E-state index in [4.69, 9.17) is 11.6 Å². The van der Waals surface area contributed by atoms with Crippen molar-refractivity contribution in [1.82, 2.24) is 24.2 Å². The first-order valence-corrected chi connectivity index (χ1v) is 10.4. The predicted octanol–water partition coefficient (Wildman–Crippen LogP) is 2.30. The van der Waals surface area contributed by atoms with Crippen molar-refractivity contribution in [3.63, 3.8) is 0 Å². The number of rotatable bonds is 8. The molecule has 2 heterocycles. The second-order valence-corrected chi connectivity index (χ2v) is 8.35. The Kier molecular flexibility index (Phi) is 6.36. The van der Waals surface area contributed by atoms with Gasteiger partial charge in [-0.2, -0.15) is 0 Å². The quantitative estimate of drug-likeness (QED) is 0.542. The largest absolute Gasteiger partial charge is 0.338 e. The average Bonchev–Trinajstić information content (AvgIpc) is 3.12. The van der Waals surface area contributed by atoms with Gasteiger partial charge in [0.1, 0.15) is 17.3 Å². The molecule has 1 N–H and O–H groups in total. The van der Waals surface area contributed by atoms with E-state index in [2.05, 4.69) is 19.7 Å². The van der Waals surface area contributed by atoms with Crippen molar-refractivity contribution >= 4 is 27.4 Å². The van der Waals surface area contributed by atoms with Crippen LogP contribution in [0.4, 0.5) is 4.39 Å². The van der Waals surface area contributed by atoms with Gasteiger partial charge in [0.2, 0.25) is 10.0 Å². The number of aromatic nitrogens is 4. The lowest BCUT2D eigenvalue weighted by molar-refractivity contribution is 0.0976. The maximum atomic E-state index is 13.2. The standard InChI is InChI=1S/C18H17ClFN5O3S/c1-25-7-6-21-18(25)5-4-17(26)16-11-22-12(9-23-16)10-24-29(27,28)13-2-3-15(20)14(19)8-13/h2-3,6-9,11,24H,4-5,10H2,1H3. The molecule has 0 aliphatic rings. The number of aryl methyl sites for hydroxylation is 2. The zero-order chi connectivity index (χ0) is 21.0. The highest BCUT2D eigenvalue weighted by atomic mass is 35.5. The molecule has 8 nitrogen and oxygen atoms in total. The Morgan fingerprint density at radius 3 is 2.66 bits per heavy atom. The van der Waals surface area contributed by atoms with Crippen molar-refractivity contribution in [2.24, 2.45) is 7.05 Å². The van der Waals surface area contributed by atoms with Crippen LogP contribution >= 0.6 is 11.6 Å². The molecule has 11 heteroatoms. The van der Waals surface area contributed by atoms with Gasteiger partial charge in [0.15, 0.2) is 5.78 Å². The Labute approximate surface area is 171 Å².